The topological polar surface area (TPSA) is 130 Å². The predicted octanol–water partition coefficient (Wildman–Crippen LogP) is -1.85. The first-order chi connectivity index (χ1) is 9.27. The molecular formula is C10H16N2O7S. The van der Waals surface area contributed by atoms with E-state index in [0.717, 1.165) is 0 Å². The Hall–Kier alpha value is -1.68. The van der Waals surface area contributed by atoms with Crippen LogP contribution in [0.1, 0.15) is 13.3 Å². The van der Waals surface area contributed by atoms with Crippen molar-refractivity contribution in [2.24, 2.45) is 0 Å². The fraction of sp³-hybridized carbons (Fsp3) is 0.700. The molecule has 1 rings (SSSR count). The van der Waals surface area contributed by atoms with E-state index in [1.807, 2.05) is 0 Å². The molecule has 1 unspecified atom stereocenters. The van der Waals surface area contributed by atoms with Gasteiger partial charge >= 0.3 is 11.9 Å². The molecule has 1 fully saturated rings. The highest BCUT2D eigenvalue weighted by molar-refractivity contribution is 7.89. The summed E-state index contributed by atoms with van der Waals surface area (Å²) in [5.74, 6) is -3.22. The van der Waals surface area contributed by atoms with E-state index in [1.54, 1.807) is 6.92 Å². The van der Waals surface area contributed by atoms with Gasteiger partial charge in [-0.3, -0.25) is 14.4 Å². The first-order valence-corrected chi connectivity index (χ1v) is 7.53. The molecule has 1 aliphatic rings. The van der Waals surface area contributed by atoms with Crippen LogP contribution in [0.2, 0.25) is 0 Å². The van der Waals surface area contributed by atoms with E-state index >= 15 is 0 Å². The molecule has 10 heteroatoms. The van der Waals surface area contributed by atoms with Crippen LogP contribution in [0.3, 0.4) is 0 Å². The van der Waals surface area contributed by atoms with Crippen molar-refractivity contribution in [1.29, 1.82) is 0 Å². The summed E-state index contributed by atoms with van der Waals surface area (Å²) in [6.07, 6.45) is -0.388. The van der Waals surface area contributed by atoms with Crippen molar-refractivity contribution < 1.29 is 32.6 Å². The van der Waals surface area contributed by atoms with Crippen LogP contribution in [0.5, 0.6) is 0 Å². The van der Waals surface area contributed by atoms with Crippen LogP contribution in [0.25, 0.3) is 0 Å². The lowest BCUT2D eigenvalue weighted by Crippen LogP contribution is -2.59. The summed E-state index contributed by atoms with van der Waals surface area (Å²) in [6.45, 7) is 0.847. The quantitative estimate of drug-likeness (QED) is 0.551. The van der Waals surface area contributed by atoms with Crippen LogP contribution in [-0.2, 0) is 29.1 Å². The lowest BCUT2D eigenvalue weighted by atomic mass is 10.2. The molecule has 1 saturated heterocycles. The van der Waals surface area contributed by atoms with Crippen molar-refractivity contribution >= 4 is 27.9 Å². The Bertz CT molecular complexity index is 502. The number of ether oxygens (including phenoxy) is 1. The van der Waals surface area contributed by atoms with Crippen molar-refractivity contribution in [2.75, 3.05) is 25.4 Å². The zero-order valence-corrected chi connectivity index (χ0v) is 11.7. The molecule has 1 atom stereocenters. The largest absolute Gasteiger partial charge is 0.480 e. The van der Waals surface area contributed by atoms with Gasteiger partial charge in [-0.25, -0.2) is 8.42 Å². The van der Waals surface area contributed by atoms with Gasteiger partial charge in [-0.15, -0.1) is 0 Å². The van der Waals surface area contributed by atoms with Crippen molar-refractivity contribution in [3.8, 4) is 0 Å². The van der Waals surface area contributed by atoms with Gasteiger partial charge in [0.2, 0.25) is 15.9 Å². The lowest BCUT2D eigenvalue weighted by Gasteiger charge is -2.31. The maximum Gasteiger partial charge on any atom is 0.323 e. The van der Waals surface area contributed by atoms with E-state index in [1.165, 1.54) is 0 Å². The normalized spacial score (nSPS) is 20.2. The number of hydrogen-bond donors (Lipinski definition) is 2. The molecular weight excluding hydrogens is 292 g/mol. The first-order valence-electron chi connectivity index (χ1n) is 5.92. The van der Waals surface area contributed by atoms with Gasteiger partial charge in [0.1, 0.15) is 6.04 Å². The van der Waals surface area contributed by atoms with E-state index in [9.17, 15) is 22.8 Å². The number of carboxylic acids is 1. The monoisotopic (exact) mass is 308 g/mol. The summed E-state index contributed by atoms with van der Waals surface area (Å²) in [5.41, 5.74) is 0. The number of carbonyl (C=O) groups is 3. The van der Waals surface area contributed by atoms with Crippen LogP contribution in [0, 0.1) is 0 Å². The van der Waals surface area contributed by atoms with E-state index in [-0.39, 0.29) is 19.6 Å². The zero-order valence-electron chi connectivity index (χ0n) is 10.9. The number of hydrogen-bond acceptors (Lipinski definition) is 6. The molecule has 1 amide bonds. The maximum atomic E-state index is 12.0. The summed E-state index contributed by atoms with van der Waals surface area (Å²) in [5, 5.41) is 11.3. The van der Waals surface area contributed by atoms with Gasteiger partial charge in [0.05, 0.1) is 25.3 Å². The predicted molar refractivity (Wildman–Crippen MR) is 66.2 cm³/mol. The number of aliphatic carboxylic acids is 1. The lowest BCUT2D eigenvalue weighted by molar-refractivity contribution is -0.143. The summed E-state index contributed by atoms with van der Waals surface area (Å²) >= 11 is 0. The fourth-order valence-corrected chi connectivity index (χ4v) is 3.21. The molecule has 0 aromatic rings. The SMILES string of the molecule is CCOC(=O)CCS(=O)(=O)N1CC(=O)NCC1C(=O)O. The number of rotatable bonds is 6. The number of esters is 1. The van der Waals surface area contributed by atoms with Gasteiger partial charge in [-0.1, -0.05) is 0 Å². The van der Waals surface area contributed by atoms with E-state index in [2.05, 4.69) is 10.1 Å². The van der Waals surface area contributed by atoms with E-state index in [0.29, 0.717) is 4.31 Å². The average molecular weight is 308 g/mol. The molecule has 0 saturated carbocycles. The van der Waals surface area contributed by atoms with Crippen molar-refractivity contribution in [3.63, 3.8) is 0 Å². The summed E-state index contributed by atoms with van der Waals surface area (Å²) in [7, 11) is -4.03. The minimum Gasteiger partial charge on any atom is -0.480 e. The summed E-state index contributed by atoms with van der Waals surface area (Å²) in [6, 6.07) is -1.36. The Kier molecular flexibility index (Phi) is 5.45. The molecule has 20 heavy (non-hydrogen) atoms. The minimum absolute atomic E-state index is 0.128. The number of nitrogens with zero attached hydrogens (tertiary/aromatic N) is 1. The van der Waals surface area contributed by atoms with Crippen molar-refractivity contribution in [2.45, 2.75) is 19.4 Å². The van der Waals surface area contributed by atoms with Gasteiger partial charge in [-0.05, 0) is 6.92 Å². The summed E-state index contributed by atoms with van der Waals surface area (Å²) < 4.78 is 29.3. The third-order valence-corrected chi connectivity index (χ3v) is 4.47. The molecule has 1 heterocycles. The van der Waals surface area contributed by atoms with Gasteiger partial charge in [-0.2, -0.15) is 4.31 Å². The van der Waals surface area contributed by atoms with Crippen molar-refractivity contribution in [1.82, 2.24) is 9.62 Å². The van der Waals surface area contributed by atoms with E-state index < -0.39 is 46.2 Å². The Morgan fingerprint density at radius 1 is 1.50 bits per heavy atom. The molecule has 0 radical (unpaired) electrons. The number of nitrogens with one attached hydrogen (secondary N) is 1. The van der Waals surface area contributed by atoms with Crippen LogP contribution in [-0.4, -0.2) is 67.2 Å². The number of carboxylic acid groups (broad SMARTS) is 1. The van der Waals surface area contributed by atoms with Crippen molar-refractivity contribution in [3.05, 3.63) is 0 Å². The maximum absolute atomic E-state index is 12.0. The molecule has 114 valence electrons. The molecule has 2 N–H and O–H groups in total. The summed E-state index contributed by atoms with van der Waals surface area (Å²) in [4.78, 5) is 33.4. The fourth-order valence-electron chi connectivity index (χ4n) is 1.69. The first kappa shape index (κ1) is 16.4. The Morgan fingerprint density at radius 3 is 2.70 bits per heavy atom. The third-order valence-electron chi connectivity index (χ3n) is 2.65. The highest BCUT2D eigenvalue weighted by atomic mass is 32.2. The number of sulfonamides is 1. The molecule has 0 bridgehead atoms. The number of piperazine rings is 1. The average Bonchev–Trinajstić information content (AvgIpc) is 2.36. The van der Waals surface area contributed by atoms with Crippen LogP contribution >= 0.6 is 0 Å². The number of amides is 1. The minimum atomic E-state index is -4.03. The Balaban J connectivity index is 2.79. The second-order valence-corrected chi connectivity index (χ2v) is 6.12. The second-order valence-electron chi connectivity index (χ2n) is 4.07. The Labute approximate surface area is 115 Å². The number of carbonyl (C=O) groups excluding carboxylic acids is 2. The molecule has 0 aromatic heterocycles. The third kappa shape index (κ3) is 4.17. The molecule has 9 nitrogen and oxygen atoms in total. The Morgan fingerprint density at radius 2 is 2.15 bits per heavy atom. The second kappa shape index (κ2) is 6.66. The van der Waals surface area contributed by atoms with Gasteiger partial charge in [0, 0.05) is 6.54 Å². The van der Waals surface area contributed by atoms with Gasteiger partial charge in [0.15, 0.2) is 0 Å². The smallest absolute Gasteiger partial charge is 0.323 e. The highest BCUT2D eigenvalue weighted by Gasteiger charge is 2.39. The molecule has 1 aliphatic heterocycles. The molecule has 0 spiro atoms. The molecule has 0 aromatic carbocycles. The van der Waals surface area contributed by atoms with Gasteiger partial charge < -0.3 is 15.2 Å². The van der Waals surface area contributed by atoms with Crippen LogP contribution in [0.4, 0.5) is 0 Å². The molecule has 0 aliphatic carbocycles. The zero-order chi connectivity index (χ0) is 15.3. The standard InChI is InChI=1S/C10H16N2O7S/c1-2-19-9(14)3-4-20(17,18)12-6-8(13)11-5-7(12)10(15)16/h7H,2-6H2,1H3,(H,11,13)(H,15,16). The van der Waals surface area contributed by atoms with Gasteiger partial charge in [0.25, 0.3) is 0 Å². The van der Waals surface area contributed by atoms with Crippen LogP contribution in [0.15, 0.2) is 0 Å². The van der Waals surface area contributed by atoms with Crippen LogP contribution < -0.4 is 5.32 Å². The highest BCUT2D eigenvalue weighted by Crippen LogP contribution is 2.12. The van der Waals surface area contributed by atoms with E-state index in [4.69, 9.17) is 5.11 Å².